The highest BCUT2D eigenvalue weighted by atomic mass is 16.1. The van der Waals surface area contributed by atoms with Crippen molar-refractivity contribution in [1.29, 1.82) is 0 Å². The van der Waals surface area contributed by atoms with Gasteiger partial charge in [0, 0.05) is 13.0 Å². The van der Waals surface area contributed by atoms with Crippen molar-refractivity contribution in [2.75, 3.05) is 20.1 Å². The van der Waals surface area contributed by atoms with E-state index in [0.717, 1.165) is 13.1 Å². The molecule has 15 heavy (non-hydrogen) atoms. The molecule has 1 aliphatic rings. The van der Waals surface area contributed by atoms with Crippen LogP contribution in [0.4, 0.5) is 0 Å². The number of amides is 1. The number of carbonyl (C=O) groups is 1. The summed E-state index contributed by atoms with van der Waals surface area (Å²) in [7, 11) is 2.17. The number of likely N-dealkylation sites (tertiary alicyclic amines) is 1. The molecule has 1 N–H and O–H groups in total. The quantitative estimate of drug-likeness (QED) is 0.768. The average molecular weight is 212 g/mol. The van der Waals surface area contributed by atoms with Crippen LogP contribution in [0.2, 0.25) is 0 Å². The van der Waals surface area contributed by atoms with Gasteiger partial charge in [-0.2, -0.15) is 0 Å². The summed E-state index contributed by atoms with van der Waals surface area (Å²) in [6.45, 7) is 8.32. The number of rotatable bonds is 3. The molecule has 1 unspecified atom stereocenters. The summed E-state index contributed by atoms with van der Waals surface area (Å²) in [4.78, 5) is 13.5. The summed E-state index contributed by atoms with van der Waals surface area (Å²) in [6.07, 6.45) is 2.42. The lowest BCUT2D eigenvalue weighted by atomic mass is 9.83. The van der Waals surface area contributed by atoms with Gasteiger partial charge < -0.3 is 10.2 Å². The molecule has 1 heterocycles. The lowest BCUT2D eigenvalue weighted by molar-refractivity contribution is -0.120. The highest BCUT2D eigenvalue weighted by Crippen LogP contribution is 2.24. The van der Waals surface area contributed by atoms with E-state index >= 15 is 0 Å². The predicted molar refractivity (Wildman–Crippen MR) is 62.7 cm³/mol. The largest absolute Gasteiger partial charge is 0.353 e. The topological polar surface area (TPSA) is 32.3 Å². The van der Waals surface area contributed by atoms with Crippen molar-refractivity contribution in [3.05, 3.63) is 0 Å². The second-order valence-corrected chi connectivity index (χ2v) is 5.11. The van der Waals surface area contributed by atoms with Gasteiger partial charge in [-0.15, -0.1) is 0 Å². The van der Waals surface area contributed by atoms with Crippen molar-refractivity contribution in [2.45, 2.75) is 39.7 Å². The van der Waals surface area contributed by atoms with Gasteiger partial charge in [0.2, 0.25) is 5.91 Å². The van der Waals surface area contributed by atoms with Gasteiger partial charge in [0.25, 0.3) is 0 Å². The molecule has 0 bridgehead atoms. The fraction of sp³-hybridized carbons (Fsp3) is 0.917. The summed E-state index contributed by atoms with van der Waals surface area (Å²) < 4.78 is 0. The van der Waals surface area contributed by atoms with Crippen LogP contribution in [0.25, 0.3) is 0 Å². The maximum absolute atomic E-state index is 11.1. The minimum absolute atomic E-state index is 0.104. The van der Waals surface area contributed by atoms with E-state index in [1.807, 2.05) is 0 Å². The summed E-state index contributed by atoms with van der Waals surface area (Å²) in [6, 6.07) is 0.358. The fourth-order valence-electron chi connectivity index (χ4n) is 2.45. The van der Waals surface area contributed by atoms with E-state index in [4.69, 9.17) is 0 Å². The number of hydrogen-bond donors (Lipinski definition) is 1. The number of carbonyl (C=O) groups excluding carboxylic acids is 1. The maximum Gasteiger partial charge on any atom is 0.217 e. The second-order valence-electron chi connectivity index (χ2n) is 5.11. The monoisotopic (exact) mass is 212 g/mol. The van der Waals surface area contributed by atoms with E-state index in [-0.39, 0.29) is 5.91 Å². The molecule has 0 saturated carbocycles. The maximum atomic E-state index is 11.1. The highest BCUT2D eigenvalue weighted by Gasteiger charge is 2.27. The Balaban J connectivity index is 2.52. The van der Waals surface area contributed by atoms with Crippen LogP contribution in [0.15, 0.2) is 0 Å². The molecular formula is C12H24N2O. The first-order valence-electron chi connectivity index (χ1n) is 5.96. The molecule has 1 atom stereocenters. The standard InChI is InChI=1S/C12H24N2O/c1-9(2)12(13-10(3)15)11-5-7-14(4)8-6-11/h9,11-12H,5-8H2,1-4H3,(H,13,15). The van der Waals surface area contributed by atoms with Crippen LogP contribution < -0.4 is 5.32 Å². The Labute approximate surface area is 93.2 Å². The van der Waals surface area contributed by atoms with Crippen LogP contribution in [-0.4, -0.2) is 37.0 Å². The molecule has 1 fully saturated rings. The van der Waals surface area contributed by atoms with Gasteiger partial charge in [-0.1, -0.05) is 13.8 Å². The average Bonchev–Trinajstić information content (AvgIpc) is 2.15. The Morgan fingerprint density at radius 1 is 1.33 bits per heavy atom. The lowest BCUT2D eigenvalue weighted by Gasteiger charge is -2.36. The van der Waals surface area contributed by atoms with Gasteiger partial charge in [-0.3, -0.25) is 4.79 Å². The third-order valence-electron chi connectivity index (χ3n) is 3.36. The van der Waals surface area contributed by atoms with Crippen molar-refractivity contribution in [3.63, 3.8) is 0 Å². The minimum atomic E-state index is 0.104. The number of hydrogen-bond acceptors (Lipinski definition) is 2. The summed E-state index contributed by atoms with van der Waals surface area (Å²) >= 11 is 0. The SMILES string of the molecule is CC(=O)NC(C(C)C)C1CCN(C)CC1. The Morgan fingerprint density at radius 3 is 2.27 bits per heavy atom. The first-order valence-corrected chi connectivity index (χ1v) is 5.96. The second kappa shape index (κ2) is 5.50. The molecule has 3 nitrogen and oxygen atoms in total. The number of piperidine rings is 1. The molecule has 1 amide bonds. The first-order chi connectivity index (χ1) is 7.00. The summed E-state index contributed by atoms with van der Waals surface area (Å²) in [5, 5.41) is 3.11. The molecule has 1 rings (SSSR count). The van der Waals surface area contributed by atoms with Crippen LogP contribution in [0, 0.1) is 11.8 Å². The summed E-state index contributed by atoms with van der Waals surface area (Å²) in [5.74, 6) is 1.29. The van der Waals surface area contributed by atoms with Crippen LogP contribution in [0.1, 0.15) is 33.6 Å². The Morgan fingerprint density at radius 2 is 1.87 bits per heavy atom. The molecule has 0 aromatic carbocycles. The first kappa shape index (κ1) is 12.5. The molecule has 1 saturated heterocycles. The van der Waals surface area contributed by atoms with E-state index in [1.54, 1.807) is 6.92 Å². The van der Waals surface area contributed by atoms with E-state index in [1.165, 1.54) is 12.8 Å². The number of nitrogens with one attached hydrogen (secondary N) is 1. The molecule has 0 spiro atoms. The van der Waals surface area contributed by atoms with Crippen LogP contribution in [0.5, 0.6) is 0 Å². The highest BCUT2D eigenvalue weighted by molar-refractivity contribution is 5.73. The van der Waals surface area contributed by atoms with Crippen LogP contribution >= 0.6 is 0 Å². The Bertz CT molecular complexity index is 208. The van der Waals surface area contributed by atoms with Crippen molar-refractivity contribution in [2.24, 2.45) is 11.8 Å². The van der Waals surface area contributed by atoms with E-state index in [9.17, 15) is 4.79 Å². The normalized spacial score (nSPS) is 21.7. The van der Waals surface area contributed by atoms with E-state index in [2.05, 4.69) is 31.1 Å². The van der Waals surface area contributed by atoms with Crippen LogP contribution in [0.3, 0.4) is 0 Å². The summed E-state index contributed by atoms with van der Waals surface area (Å²) in [5.41, 5.74) is 0. The molecular weight excluding hydrogens is 188 g/mol. The molecule has 88 valence electrons. The van der Waals surface area contributed by atoms with Crippen molar-refractivity contribution >= 4 is 5.91 Å². The molecule has 1 aliphatic heterocycles. The van der Waals surface area contributed by atoms with Crippen molar-refractivity contribution in [3.8, 4) is 0 Å². The zero-order valence-electron chi connectivity index (χ0n) is 10.4. The zero-order chi connectivity index (χ0) is 11.4. The Hall–Kier alpha value is -0.570. The van der Waals surface area contributed by atoms with Crippen molar-refractivity contribution < 1.29 is 4.79 Å². The minimum Gasteiger partial charge on any atom is -0.353 e. The van der Waals surface area contributed by atoms with Crippen LogP contribution in [-0.2, 0) is 4.79 Å². The van der Waals surface area contributed by atoms with Gasteiger partial charge in [0.05, 0.1) is 0 Å². The van der Waals surface area contributed by atoms with Crippen molar-refractivity contribution in [1.82, 2.24) is 10.2 Å². The van der Waals surface area contributed by atoms with E-state index < -0.39 is 0 Å². The number of nitrogens with zero attached hydrogens (tertiary/aromatic N) is 1. The van der Waals surface area contributed by atoms with Gasteiger partial charge >= 0.3 is 0 Å². The molecule has 0 aromatic heterocycles. The zero-order valence-corrected chi connectivity index (χ0v) is 10.4. The Kier molecular flexibility index (Phi) is 4.58. The predicted octanol–water partition coefficient (Wildman–Crippen LogP) is 1.49. The molecule has 3 heteroatoms. The lowest BCUT2D eigenvalue weighted by Crippen LogP contribution is -2.46. The smallest absolute Gasteiger partial charge is 0.217 e. The van der Waals surface area contributed by atoms with Gasteiger partial charge in [-0.25, -0.2) is 0 Å². The van der Waals surface area contributed by atoms with Gasteiger partial charge in [-0.05, 0) is 44.8 Å². The molecule has 0 aromatic rings. The molecule has 0 aliphatic carbocycles. The fourth-order valence-corrected chi connectivity index (χ4v) is 2.45. The van der Waals surface area contributed by atoms with E-state index in [0.29, 0.717) is 17.9 Å². The third-order valence-corrected chi connectivity index (χ3v) is 3.36. The van der Waals surface area contributed by atoms with Gasteiger partial charge in [0.1, 0.15) is 0 Å². The molecule has 0 radical (unpaired) electrons. The van der Waals surface area contributed by atoms with Gasteiger partial charge in [0.15, 0.2) is 0 Å². The third kappa shape index (κ3) is 3.82.